The molecule has 0 saturated carbocycles. The maximum atomic E-state index is 9.70. The molecule has 0 heterocycles. The van der Waals surface area contributed by atoms with E-state index in [1.54, 1.807) is 0 Å². The zero-order valence-electron chi connectivity index (χ0n) is 3.37. The highest BCUT2D eigenvalue weighted by Gasteiger charge is 1.83. The third-order valence-electron chi connectivity index (χ3n) is 0.221. The highest BCUT2D eigenvalue weighted by molar-refractivity contribution is 8.45. The molecule has 0 N–H and O–H groups in total. The summed E-state index contributed by atoms with van der Waals surface area (Å²) in [5.74, 6) is 0. The summed E-state index contributed by atoms with van der Waals surface area (Å²) in [6.07, 6.45) is 1.01. The highest BCUT2D eigenvalue weighted by atomic mass is 35.7. The fraction of sp³-hybridized carbons (Fsp3) is 0. The fourth-order valence-corrected chi connectivity index (χ4v) is 0.538. The van der Waals surface area contributed by atoms with Crippen molar-refractivity contribution in [2.75, 3.05) is 0 Å². The molecule has 7 heteroatoms. The molecule has 4 nitrogen and oxygen atoms in total. The molecule has 0 aromatic carbocycles. The molecule has 0 fully saturated rings. The molecule has 0 saturated heterocycles. The van der Waals surface area contributed by atoms with Crippen molar-refractivity contribution >= 4 is 34.9 Å². The molecule has 8 heavy (non-hydrogen) atoms. The second-order valence-electron chi connectivity index (χ2n) is 0.593. The topological polar surface area (TPSA) is 63.6 Å². The number of isocyanates is 1. The van der Waals surface area contributed by atoms with Crippen LogP contribution < -0.4 is 0 Å². The van der Waals surface area contributed by atoms with E-state index in [0.29, 0.717) is 0 Å². The van der Waals surface area contributed by atoms with Crippen LogP contribution in [0.3, 0.4) is 0 Å². The Morgan fingerprint density at radius 2 is 2.00 bits per heavy atom. The van der Waals surface area contributed by atoms with Crippen molar-refractivity contribution in [2.45, 2.75) is 0 Å². The maximum Gasteiger partial charge on any atom is 0.277 e. The third-order valence-corrected chi connectivity index (χ3v) is 2.69. The Bertz CT molecular complexity index is 238. The summed E-state index contributed by atoms with van der Waals surface area (Å²) < 4.78 is 22.1. The average Bonchev–Trinajstić information content (AvgIpc) is 1.67. The van der Waals surface area contributed by atoms with Gasteiger partial charge in [-0.15, -0.1) is 4.40 Å². The molecular weight excluding hydrogens is 174 g/mol. The van der Waals surface area contributed by atoms with E-state index in [9.17, 15) is 13.2 Å². The molecule has 0 aliphatic rings. The number of halogens is 1. The first kappa shape index (κ1) is 7.84. The van der Waals surface area contributed by atoms with Crippen LogP contribution in [-0.2, 0) is 22.9 Å². The Balaban J connectivity index is 4.78. The van der Waals surface area contributed by atoms with Gasteiger partial charge in [0.25, 0.3) is 9.26 Å². The summed E-state index contributed by atoms with van der Waals surface area (Å²) in [6.45, 7) is 0. The predicted octanol–water partition coefficient (Wildman–Crippen LogP) is -0.197. The van der Waals surface area contributed by atoms with Gasteiger partial charge in [-0.05, 0) is 10.7 Å². The van der Waals surface area contributed by atoms with Gasteiger partial charge in [-0.2, -0.15) is 8.42 Å². The molecule has 0 bridgehead atoms. The lowest BCUT2D eigenvalue weighted by Gasteiger charge is -1.66. The minimum atomic E-state index is -2.50. The summed E-state index contributed by atoms with van der Waals surface area (Å²) >= 11 is 0. The van der Waals surface area contributed by atoms with Crippen LogP contribution >= 0.6 is 10.7 Å². The van der Waals surface area contributed by atoms with Gasteiger partial charge < -0.3 is 0 Å². The first-order valence-corrected chi connectivity index (χ1v) is 4.86. The van der Waals surface area contributed by atoms with Gasteiger partial charge in [0.1, 0.15) is 0 Å². The molecule has 1 unspecified atom stereocenters. The molecule has 46 valence electrons. The smallest absolute Gasteiger partial charge is 0.210 e. The van der Waals surface area contributed by atoms with Gasteiger partial charge in [0.15, 0.2) is 8.85 Å². The van der Waals surface area contributed by atoms with E-state index in [2.05, 4.69) is 4.40 Å². The summed E-state index contributed by atoms with van der Waals surface area (Å²) in [4.78, 5) is 9.28. The molecule has 0 spiro atoms. The minimum absolute atomic E-state index is 1.01. The van der Waals surface area contributed by atoms with E-state index in [4.69, 9.17) is 10.7 Å². The standard InChI is InChI=1S/CClNO3S2/c2-7(3-1-4)8(5)6. The van der Waals surface area contributed by atoms with E-state index in [0.717, 1.165) is 6.08 Å². The van der Waals surface area contributed by atoms with Crippen LogP contribution in [-0.4, -0.2) is 14.5 Å². The largest absolute Gasteiger partial charge is 0.277 e. The monoisotopic (exact) mass is 173 g/mol. The number of rotatable bonds is 1. The van der Waals surface area contributed by atoms with Crippen LogP contribution in [0.5, 0.6) is 0 Å². The van der Waals surface area contributed by atoms with Gasteiger partial charge in [-0.3, -0.25) is 0 Å². The first-order valence-electron chi connectivity index (χ1n) is 1.26. The Hall–Kier alpha value is -0.160. The van der Waals surface area contributed by atoms with Crippen molar-refractivity contribution in [1.82, 2.24) is 0 Å². The lowest BCUT2D eigenvalue weighted by molar-refractivity contribution is 0.566. The van der Waals surface area contributed by atoms with Crippen LogP contribution in [0.1, 0.15) is 0 Å². The minimum Gasteiger partial charge on any atom is -0.210 e. The van der Waals surface area contributed by atoms with Gasteiger partial charge in [-0.1, -0.05) is 0 Å². The summed E-state index contributed by atoms with van der Waals surface area (Å²) in [5.41, 5.74) is 0. The molecule has 0 aromatic rings. The molecule has 0 aliphatic heterocycles. The Labute approximate surface area is 52.9 Å². The van der Waals surface area contributed by atoms with Crippen molar-refractivity contribution in [3.05, 3.63) is 0 Å². The van der Waals surface area contributed by atoms with E-state index < -0.39 is 18.1 Å². The Morgan fingerprint density at radius 3 is 2.12 bits per heavy atom. The van der Waals surface area contributed by atoms with Crippen molar-refractivity contribution in [2.24, 2.45) is 4.40 Å². The molecule has 0 aliphatic carbocycles. The van der Waals surface area contributed by atoms with Gasteiger partial charge in [-0.25, -0.2) is 4.79 Å². The Kier molecular flexibility index (Phi) is 3.72. The quantitative estimate of drug-likeness (QED) is 0.314. The zero-order valence-corrected chi connectivity index (χ0v) is 5.76. The third kappa shape index (κ3) is 2.92. The molecular formula is CClNO3S2. The average molecular weight is 174 g/mol. The predicted molar refractivity (Wildman–Crippen MR) is 30.3 cm³/mol. The lowest BCUT2D eigenvalue weighted by Crippen LogP contribution is -1.68. The Morgan fingerprint density at radius 1 is 1.50 bits per heavy atom. The number of hydrogen-bond acceptors (Lipinski definition) is 3. The first-order chi connectivity index (χ1) is 3.68. The van der Waals surface area contributed by atoms with Crippen LogP contribution in [0.2, 0.25) is 0 Å². The number of hydrogen-bond donors (Lipinski definition) is 0. The normalized spacial score (nSPS) is 11.6. The van der Waals surface area contributed by atoms with Crippen molar-refractivity contribution < 1.29 is 13.2 Å². The van der Waals surface area contributed by atoms with Gasteiger partial charge >= 0.3 is 0 Å². The van der Waals surface area contributed by atoms with E-state index in [1.165, 1.54) is 0 Å². The van der Waals surface area contributed by atoms with Crippen molar-refractivity contribution in [3.63, 3.8) is 0 Å². The molecule has 0 aromatic heterocycles. The molecule has 0 radical (unpaired) electrons. The van der Waals surface area contributed by atoms with Gasteiger partial charge in [0.2, 0.25) is 6.08 Å². The SMILES string of the molecule is O=C=NS(Cl)=S(=O)=O. The molecule has 0 rings (SSSR count). The second-order valence-corrected chi connectivity index (χ2v) is 4.79. The van der Waals surface area contributed by atoms with Crippen LogP contribution in [0.25, 0.3) is 0 Å². The van der Waals surface area contributed by atoms with E-state index in [-0.39, 0.29) is 0 Å². The van der Waals surface area contributed by atoms with E-state index in [1.807, 2.05) is 0 Å². The molecule has 1 atom stereocenters. The van der Waals surface area contributed by atoms with E-state index >= 15 is 0 Å². The second kappa shape index (κ2) is 3.80. The lowest BCUT2D eigenvalue weighted by atomic mass is 11.7. The van der Waals surface area contributed by atoms with Gasteiger partial charge in [0.05, 0.1) is 0 Å². The summed E-state index contributed by atoms with van der Waals surface area (Å²) in [6, 6.07) is 0. The van der Waals surface area contributed by atoms with Crippen LogP contribution in [0.4, 0.5) is 0 Å². The van der Waals surface area contributed by atoms with Crippen molar-refractivity contribution in [3.8, 4) is 0 Å². The van der Waals surface area contributed by atoms with Crippen LogP contribution in [0, 0.1) is 0 Å². The number of nitrogens with zero attached hydrogens (tertiary/aromatic N) is 1. The van der Waals surface area contributed by atoms with Crippen molar-refractivity contribution in [1.29, 1.82) is 0 Å². The molecule has 0 amide bonds. The number of carbonyl (C=O) groups excluding carboxylic acids is 1. The fourth-order valence-electron chi connectivity index (χ4n) is 0.0597. The highest BCUT2D eigenvalue weighted by Crippen LogP contribution is 1.88. The maximum absolute atomic E-state index is 9.70. The van der Waals surface area contributed by atoms with Gasteiger partial charge in [0, 0.05) is 0 Å². The summed E-state index contributed by atoms with van der Waals surface area (Å²) in [7, 11) is 0.674. The summed E-state index contributed by atoms with van der Waals surface area (Å²) in [5, 5.41) is 0. The van der Waals surface area contributed by atoms with Crippen LogP contribution in [0.15, 0.2) is 4.40 Å². The zero-order chi connectivity index (χ0) is 6.57.